The number of allylic oxidation sites excluding steroid dienone is 1. The Balaban J connectivity index is 1.44. The number of hydrogen-bond acceptors (Lipinski definition) is 6. The molecule has 7 heteroatoms. The van der Waals surface area contributed by atoms with Gasteiger partial charge >= 0.3 is 5.97 Å². The van der Waals surface area contributed by atoms with Gasteiger partial charge in [-0.05, 0) is 67.2 Å². The average Bonchev–Trinajstić information content (AvgIpc) is 3.48. The van der Waals surface area contributed by atoms with Crippen LogP contribution in [-0.4, -0.2) is 36.3 Å². The van der Waals surface area contributed by atoms with E-state index in [0.717, 1.165) is 64.1 Å². The maximum Gasteiger partial charge on any atom is 0.339 e. The molecule has 7 nitrogen and oxygen atoms in total. The first-order chi connectivity index (χ1) is 17.0. The Labute approximate surface area is 204 Å². The molecular formula is C28H28N2O5. The molecule has 1 atom stereocenters. The van der Waals surface area contributed by atoms with Crippen LogP contribution >= 0.6 is 0 Å². The first-order valence-electron chi connectivity index (χ1n) is 12.0. The number of amides is 1. The molecule has 1 amide bonds. The van der Waals surface area contributed by atoms with E-state index in [4.69, 9.17) is 19.2 Å². The molecule has 1 aliphatic heterocycles. The molecule has 0 fully saturated rings. The van der Waals surface area contributed by atoms with Gasteiger partial charge in [0, 0.05) is 11.4 Å². The zero-order valence-corrected chi connectivity index (χ0v) is 19.9. The number of para-hydroxylation sites is 1. The lowest BCUT2D eigenvalue weighted by Gasteiger charge is -2.14. The summed E-state index contributed by atoms with van der Waals surface area (Å²) in [5.41, 5.74) is 4.90. The van der Waals surface area contributed by atoms with E-state index in [1.165, 1.54) is 0 Å². The summed E-state index contributed by atoms with van der Waals surface area (Å²) in [5.74, 6) is 0.668. The Bertz CT molecular complexity index is 1330. The predicted molar refractivity (Wildman–Crippen MR) is 133 cm³/mol. The summed E-state index contributed by atoms with van der Waals surface area (Å²) in [4.78, 5) is 30.4. The third-order valence-electron chi connectivity index (χ3n) is 6.35. The van der Waals surface area contributed by atoms with Gasteiger partial charge in [0.1, 0.15) is 0 Å². The number of rotatable bonds is 7. The Kier molecular flexibility index (Phi) is 6.40. The molecule has 0 saturated heterocycles. The van der Waals surface area contributed by atoms with Crippen molar-refractivity contribution in [1.29, 1.82) is 0 Å². The number of hydrogen-bond donors (Lipinski definition) is 1. The number of pyridine rings is 1. The van der Waals surface area contributed by atoms with E-state index in [0.29, 0.717) is 12.0 Å². The summed E-state index contributed by atoms with van der Waals surface area (Å²) >= 11 is 0. The second kappa shape index (κ2) is 9.78. The summed E-state index contributed by atoms with van der Waals surface area (Å²) in [6, 6.07) is 13.4. The van der Waals surface area contributed by atoms with Crippen molar-refractivity contribution in [3.63, 3.8) is 0 Å². The number of fused-ring (bicyclic) bond motifs is 3. The van der Waals surface area contributed by atoms with Crippen LogP contribution in [-0.2, 0) is 16.0 Å². The zero-order valence-electron chi connectivity index (χ0n) is 19.9. The van der Waals surface area contributed by atoms with Gasteiger partial charge in [-0.25, -0.2) is 9.78 Å². The normalized spacial score (nSPS) is 15.8. The highest BCUT2D eigenvalue weighted by atomic mass is 16.7. The largest absolute Gasteiger partial charge is 0.454 e. The summed E-state index contributed by atoms with van der Waals surface area (Å²) in [6.07, 6.45) is 5.35. The molecule has 2 heterocycles. The molecule has 1 unspecified atom stereocenters. The maximum absolute atomic E-state index is 13.2. The molecule has 3 aromatic rings. The van der Waals surface area contributed by atoms with Crippen LogP contribution in [0.3, 0.4) is 0 Å². The van der Waals surface area contributed by atoms with E-state index in [1.807, 2.05) is 49.4 Å². The number of carbonyl (C=O) groups is 2. The summed E-state index contributed by atoms with van der Waals surface area (Å²) in [7, 11) is 0. The minimum absolute atomic E-state index is 0.0427. The Morgan fingerprint density at radius 2 is 1.97 bits per heavy atom. The molecule has 2 aliphatic rings. The van der Waals surface area contributed by atoms with E-state index in [2.05, 4.69) is 18.3 Å². The standard InChI is InChI=1S/C28H28N2O5/c1-3-6-17(2)29-25(31)15-33-28(32)26-20-7-4-5-8-22(20)30-27-19(10-11-21(26)27)13-18-9-12-23-24(14-18)35-16-34-23/h4-5,7-9,12-14,17H,3,6,10-11,15-16H2,1-2H3,(H,29,31). The van der Waals surface area contributed by atoms with Crippen molar-refractivity contribution in [2.75, 3.05) is 13.4 Å². The van der Waals surface area contributed by atoms with Crippen molar-refractivity contribution in [1.82, 2.24) is 10.3 Å². The third-order valence-corrected chi connectivity index (χ3v) is 6.35. The van der Waals surface area contributed by atoms with E-state index in [1.54, 1.807) is 0 Å². The number of aromatic nitrogens is 1. The topological polar surface area (TPSA) is 86.8 Å². The van der Waals surface area contributed by atoms with Gasteiger partial charge in [0.2, 0.25) is 6.79 Å². The smallest absolute Gasteiger partial charge is 0.339 e. The fourth-order valence-corrected chi connectivity index (χ4v) is 4.74. The molecule has 1 aliphatic carbocycles. The van der Waals surface area contributed by atoms with Gasteiger partial charge in [0.15, 0.2) is 18.1 Å². The van der Waals surface area contributed by atoms with Gasteiger partial charge in [-0.2, -0.15) is 0 Å². The molecule has 35 heavy (non-hydrogen) atoms. The Morgan fingerprint density at radius 1 is 1.14 bits per heavy atom. The minimum atomic E-state index is -0.498. The van der Waals surface area contributed by atoms with Gasteiger partial charge in [-0.1, -0.05) is 37.6 Å². The van der Waals surface area contributed by atoms with Crippen molar-refractivity contribution in [3.8, 4) is 11.5 Å². The van der Waals surface area contributed by atoms with Crippen LogP contribution in [0.15, 0.2) is 42.5 Å². The number of nitrogens with one attached hydrogen (secondary N) is 1. The van der Waals surface area contributed by atoms with Gasteiger partial charge in [0.05, 0.1) is 16.8 Å². The highest BCUT2D eigenvalue weighted by Crippen LogP contribution is 2.39. The Hall–Kier alpha value is -3.87. The van der Waals surface area contributed by atoms with E-state index in [-0.39, 0.29) is 25.3 Å². The molecule has 0 spiro atoms. The Morgan fingerprint density at radius 3 is 2.83 bits per heavy atom. The quantitative estimate of drug-likeness (QED) is 0.492. The highest BCUT2D eigenvalue weighted by Gasteiger charge is 2.28. The van der Waals surface area contributed by atoms with Crippen molar-refractivity contribution >= 4 is 34.4 Å². The number of benzene rings is 2. The van der Waals surface area contributed by atoms with E-state index >= 15 is 0 Å². The van der Waals surface area contributed by atoms with Crippen LogP contribution in [0.1, 0.15) is 60.3 Å². The molecule has 5 rings (SSSR count). The van der Waals surface area contributed by atoms with Crippen molar-refractivity contribution in [3.05, 3.63) is 64.8 Å². The number of ether oxygens (including phenoxy) is 3. The van der Waals surface area contributed by atoms with Crippen LogP contribution in [0.2, 0.25) is 0 Å². The second-order valence-electron chi connectivity index (χ2n) is 8.95. The first-order valence-corrected chi connectivity index (χ1v) is 12.0. The highest BCUT2D eigenvalue weighted by molar-refractivity contribution is 6.07. The minimum Gasteiger partial charge on any atom is -0.454 e. The van der Waals surface area contributed by atoms with E-state index in [9.17, 15) is 9.59 Å². The van der Waals surface area contributed by atoms with Crippen LogP contribution < -0.4 is 14.8 Å². The van der Waals surface area contributed by atoms with Crippen molar-refractivity contribution in [2.45, 2.75) is 45.6 Å². The lowest BCUT2D eigenvalue weighted by molar-refractivity contribution is -0.124. The van der Waals surface area contributed by atoms with Crippen LogP contribution in [0.5, 0.6) is 11.5 Å². The number of esters is 1. The molecule has 180 valence electrons. The SMILES string of the molecule is CCCC(C)NC(=O)COC(=O)c1c2c(nc3ccccc13)C(=Cc1ccc3c(c1)OCO3)CC2. The van der Waals surface area contributed by atoms with Gasteiger partial charge in [-0.15, -0.1) is 0 Å². The molecule has 0 saturated carbocycles. The molecule has 0 bridgehead atoms. The van der Waals surface area contributed by atoms with E-state index < -0.39 is 5.97 Å². The van der Waals surface area contributed by atoms with Gasteiger partial charge in [-0.3, -0.25) is 4.79 Å². The van der Waals surface area contributed by atoms with Gasteiger partial charge < -0.3 is 19.5 Å². The lowest BCUT2D eigenvalue weighted by Crippen LogP contribution is -2.35. The number of carbonyl (C=O) groups excluding carboxylic acids is 2. The summed E-state index contributed by atoms with van der Waals surface area (Å²) in [6.45, 7) is 3.93. The predicted octanol–water partition coefficient (Wildman–Crippen LogP) is 4.91. The van der Waals surface area contributed by atoms with Crippen molar-refractivity contribution in [2.24, 2.45) is 0 Å². The third kappa shape index (κ3) is 4.71. The molecule has 2 aromatic carbocycles. The fraction of sp³-hybridized carbons (Fsp3) is 0.321. The monoisotopic (exact) mass is 472 g/mol. The molecule has 1 N–H and O–H groups in total. The van der Waals surface area contributed by atoms with Crippen molar-refractivity contribution < 1.29 is 23.8 Å². The van der Waals surface area contributed by atoms with Crippen LogP contribution in [0.4, 0.5) is 0 Å². The summed E-state index contributed by atoms with van der Waals surface area (Å²) < 4.78 is 16.4. The van der Waals surface area contributed by atoms with Crippen LogP contribution in [0, 0.1) is 0 Å². The first kappa shape index (κ1) is 22.9. The second-order valence-corrected chi connectivity index (χ2v) is 8.95. The molecular weight excluding hydrogens is 444 g/mol. The fourth-order valence-electron chi connectivity index (χ4n) is 4.74. The lowest BCUT2D eigenvalue weighted by atomic mass is 10.0. The number of nitrogens with zero attached hydrogens (tertiary/aromatic N) is 1. The summed E-state index contributed by atoms with van der Waals surface area (Å²) in [5, 5.41) is 3.61. The molecule has 0 radical (unpaired) electrons. The van der Waals surface area contributed by atoms with Gasteiger partial charge in [0.25, 0.3) is 5.91 Å². The average molecular weight is 473 g/mol. The molecule has 1 aromatic heterocycles. The zero-order chi connectivity index (χ0) is 24.4. The maximum atomic E-state index is 13.2. The van der Waals surface area contributed by atoms with Crippen LogP contribution in [0.25, 0.3) is 22.6 Å².